The summed E-state index contributed by atoms with van der Waals surface area (Å²) in [6.07, 6.45) is 0. The highest BCUT2D eigenvalue weighted by atomic mass is 32.2. The van der Waals surface area contributed by atoms with Crippen molar-refractivity contribution in [1.29, 1.82) is 0 Å². The van der Waals surface area contributed by atoms with E-state index in [2.05, 4.69) is 10.7 Å². The van der Waals surface area contributed by atoms with Crippen LogP contribution in [0.3, 0.4) is 0 Å². The third kappa shape index (κ3) is 6.82. The molecule has 1 aromatic heterocycles. The predicted octanol–water partition coefficient (Wildman–Crippen LogP) is 1.49. The lowest BCUT2D eigenvalue weighted by molar-refractivity contribution is 0.0858. The monoisotopic (exact) mass is 484 g/mol. The number of hydrazine groups is 1. The third-order valence-corrected chi connectivity index (χ3v) is 7.05. The molecule has 0 unspecified atom stereocenters. The van der Waals surface area contributed by atoms with Gasteiger partial charge >= 0.3 is 0 Å². The Balaban J connectivity index is 2.15. The Kier molecular flexibility index (Phi) is 9.75. The highest BCUT2D eigenvalue weighted by Crippen LogP contribution is 2.24. The van der Waals surface area contributed by atoms with Gasteiger partial charge in [0.2, 0.25) is 10.0 Å². The number of anilines is 1. The van der Waals surface area contributed by atoms with Crippen molar-refractivity contribution in [2.45, 2.75) is 4.90 Å². The average molecular weight is 485 g/mol. The maximum absolute atomic E-state index is 13.0. The van der Waals surface area contributed by atoms with Gasteiger partial charge in [-0.1, -0.05) is 0 Å². The molecule has 12 heteroatoms. The van der Waals surface area contributed by atoms with Crippen LogP contribution >= 0.6 is 11.3 Å². The van der Waals surface area contributed by atoms with Gasteiger partial charge in [0.15, 0.2) is 0 Å². The smallest absolute Gasteiger partial charge is 0.268 e. The van der Waals surface area contributed by atoms with Gasteiger partial charge in [0, 0.05) is 47.0 Å². The number of methoxy groups -OCH3 is 2. The Morgan fingerprint density at radius 1 is 0.969 bits per heavy atom. The fraction of sp³-hybridized carbons (Fsp3) is 0.400. The van der Waals surface area contributed by atoms with Crippen LogP contribution in [0, 0.1) is 0 Å². The first-order chi connectivity index (χ1) is 15.2. The quantitative estimate of drug-likeness (QED) is 0.438. The molecule has 0 aliphatic carbocycles. The van der Waals surface area contributed by atoms with Gasteiger partial charge in [-0.05, 0) is 35.7 Å². The minimum atomic E-state index is -3.78. The van der Waals surface area contributed by atoms with E-state index in [-0.39, 0.29) is 42.7 Å². The lowest BCUT2D eigenvalue weighted by Crippen LogP contribution is -2.36. The second kappa shape index (κ2) is 12.0. The van der Waals surface area contributed by atoms with E-state index in [0.717, 1.165) is 0 Å². The van der Waals surface area contributed by atoms with Crippen LogP contribution in [0.4, 0.5) is 5.00 Å². The third-order valence-electron chi connectivity index (χ3n) is 4.31. The molecular weight excluding hydrogens is 456 g/mol. The normalized spacial score (nSPS) is 11.7. The highest BCUT2D eigenvalue weighted by Gasteiger charge is 2.24. The van der Waals surface area contributed by atoms with Gasteiger partial charge in [0.1, 0.15) is 5.00 Å². The minimum Gasteiger partial charge on any atom is -0.383 e. The van der Waals surface area contributed by atoms with Crippen molar-refractivity contribution in [3.8, 4) is 0 Å². The van der Waals surface area contributed by atoms with Crippen LogP contribution in [0.5, 0.6) is 0 Å². The van der Waals surface area contributed by atoms with Crippen LogP contribution in [-0.4, -0.2) is 84.2 Å². The predicted molar refractivity (Wildman–Crippen MR) is 122 cm³/mol. The van der Waals surface area contributed by atoms with Crippen LogP contribution in [-0.2, 0) is 19.5 Å². The van der Waals surface area contributed by atoms with E-state index in [9.17, 15) is 18.0 Å². The molecule has 0 aliphatic rings. The number of hydrogen-bond acceptors (Lipinski definition) is 8. The summed E-state index contributed by atoms with van der Waals surface area (Å²) in [5, 5.41) is 6.31. The van der Waals surface area contributed by atoms with Crippen LogP contribution in [0.15, 0.2) is 40.6 Å². The molecule has 0 bridgehead atoms. The first kappa shape index (κ1) is 25.9. The van der Waals surface area contributed by atoms with Crippen molar-refractivity contribution in [2.24, 2.45) is 0 Å². The van der Waals surface area contributed by atoms with Crippen molar-refractivity contribution in [2.75, 3.05) is 59.9 Å². The number of carbonyl (C=O) groups is 2. The molecule has 2 amide bonds. The van der Waals surface area contributed by atoms with Crippen LogP contribution in [0.2, 0.25) is 0 Å². The molecule has 32 heavy (non-hydrogen) atoms. The molecule has 1 aromatic carbocycles. The second-order valence-corrected chi connectivity index (χ2v) is 9.72. The Morgan fingerprint density at radius 3 is 2.09 bits per heavy atom. The Morgan fingerprint density at radius 2 is 1.56 bits per heavy atom. The summed E-state index contributed by atoms with van der Waals surface area (Å²) >= 11 is 1.22. The molecule has 0 fully saturated rings. The van der Waals surface area contributed by atoms with Crippen molar-refractivity contribution in [1.82, 2.24) is 14.7 Å². The molecule has 0 spiro atoms. The zero-order valence-corrected chi connectivity index (χ0v) is 20.1. The molecule has 0 saturated carbocycles. The molecule has 0 aliphatic heterocycles. The van der Waals surface area contributed by atoms with Crippen molar-refractivity contribution in [3.05, 3.63) is 46.8 Å². The number of nitrogens with one attached hydrogen (secondary N) is 2. The Labute approximate surface area is 192 Å². The van der Waals surface area contributed by atoms with E-state index in [1.165, 1.54) is 59.1 Å². The average Bonchev–Trinajstić information content (AvgIpc) is 3.21. The van der Waals surface area contributed by atoms with E-state index < -0.39 is 15.9 Å². The summed E-state index contributed by atoms with van der Waals surface area (Å²) in [5.41, 5.74) is 3.22. The van der Waals surface area contributed by atoms with Crippen LogP contribution < -0.4 is 10.7 Å². The van der Waals surface area contributed by atoms with E-state index in [4.69, 9.17) is 9.47 Å². The van der Waals surface area contributed by atoms with Gasteiger partial charge in [0.25, 0.3) is 11.8 Å². The van der Waals surface area contributed by atoms with Crippen LogP contribution in [0.1, 0.15) is 20.7 Å². The maximum atomic E-state index is 13.0. The number of hydrogen-bond donors (Lipinski definition) is 2. The lowest BCUT2D eigenvalue weighted by atomic mass is 10.2. The Hall–Kier alpha value is -2.35. The van der Waals surface area contributed by atoms with Crippen molar-refractivity contribution >= 4 is 38.2 Å². The summed E-state index contributed by atoms with van der Waals surface area (Å²) < 4.78 is 37.2. The summed E-state index contributed by atoms with van der Waals surface area (Å²) in [6.45, 7) is 0.850. The van der Waals surface area contributed by atoms with Gasteiger partial charge in [-0.2, -0.15) is 4.31 Å². The first-order valence-corrected chi connectivity index (χ1v) is 12.0. The Bertz CT molecular complexity index is 997. The molecule has 0 atom stereocenters. The van der Waals surface area contributed by atoms with Gasteiger partial charge in [-0.3, -0.25) is 15.0 Å². The van der Waals surface area contributed by atoms with E-state index in [1.54, 1.807) is 25.5 Å². The second-order valence-electron chi connectivity index (χ2n) is 6.87. The fourth-order valence-electron chi connectivity index (χ4n) is 2.69. The molecule has 10 nitrogen and oxygen atoms in total. The molecule has 0 saturated heterocycles. The largest absolute Gasteiger partial charge is 0.383 e. The van der Waals surface area contributed by atoms with Gasteiger partial charge in [-0.15, -0.1) is 11.3 Å². The van der Waals surface area contributed by atoms with Gasteiger partial charge < -0.3 is 14.8 Å². The number of carbonyl (C=O) groups excluding carboxylic acids is 2. The molecule has 2 aromatic rings. The summed E-state index contributed by atoms with van der Waals surface area (Å²) in [5.74, 6) is -0.800. The zero-order valence-electron chi connectivity index (χ0n) is 18.5. The van der Waals surface area contributed by atoms with Gasteiger partial charge in [0.05, 0.1) is 23.7 Å². The van der Waals surface area contributed by atoms with Crippen molar-refractivity contribution < 1.29 is 27.5 Å². The molecule has 0 radical (unpaired) electrons. The van der Waals surface area contributed by atoms with Gasteiger partial charge in [-0.25, -0.2) is 13.4 Å². The van der Waals surface area contributed by atoms with Crippen LogP contribution in [0.25, 0.3) is 0 Å². The number of rotatable bonds is 12. The van der Waals surface area contributed by atoms with E-state index in [1.807, 2.05) is 0 Å². The summed E-state index contributed by atoms with van der Waals surface area (Å²) in [6, 6.07) is 7.24. The number of nitrogens with zero attached hydrogens (tertiary/aromatic N) is 2. The fourth-order valence-corrected chi connectivity index (χ4v) is 4.88. The van der Waals surface area contributed by atoms with E-state index in [0.29, 0.717) is 10.6 Å². The number of sulfonamides is 1. The summed E-state index contributed by atoms with van der Waals surface area (Å²) in [4.78, 5) is 24.9. The number of thiophene rings is 1. The molecule has 1 heterocycles. The number of benzene rings is 1. The number of ether oxygens (including phenoxy) is 2. The highest BCUT2D eigenvalue weighted by molar-refractivity contribution is 7.89. The first-order valence-electron chi connectivity index (χ1n) is 9.66. The maximum Gasteiger partial charge on any atom is 0.268 e. The van der Waals surface area contributed by atoms with E-state index >= 15 is 0 Å². The zero-order chi connectivity index (χ0) is 23.7. The number of amides is 2. The molecular formula is C20H28N4O6S2. The topological polar surface area (TPSA) is 117 Å². The molecule has 176 valence electrons. The summed E-state index contributed by atoms with van der Waals surface area (Å²) in [7, 11) is 2.58. The molecule has 2 rings (SSSR count). The van der Waals surface area contributed by atoms with Crippen molar-refractivity contribution in [3.63, 3.8) is 0 Å². The minimum absolute atomic E-state index is 0.0587. The standard InChI is InChI=1S/C20H28N4O6S2/c1-23(2)22-19(26)17-9-14-31-20(17)21-18(25)15-5-7-16(8-6-15)32(27,28)24(10-12-29-3)11-13-30-4/h5-9,14H,10-13H2,1-4H3,(H,21,25)(H,22,26). The SMILES string of the molecule is COCCN(CCOC)S(=O)(=O)c1ccc(C(=O)Nc2sccc2C(=O)NN(C)C)cc1. The lowest BCUT2D eigenvalue weighted by Gasteiger charge is -2.21. The molecule has 2 N–H and O–H groups in total.